The zero-order valence-corrected chi connectivity index (χ0v) is 56.1. The van der Waals surface area contributed by atoms with E-state index < -0.39 is 6.10 Å². The van der Waals surface area contributed by atoms with Gasteiger partial charge in [-0.1, -0.05) is 386 Å². The number of rotatable bonds is 71. The maximum absolute atomic E-state index is 12.9. The van der Waals surface area contributed by atoms with Crippen molar-refractivity contribution >= 4 is 17.9 Å². The van der Waals surface area contributed by atoms with Gasteiger partial charge in [0.2, 0.25) is 0 Å². The van der Waals surface area contributed by atoms with E-state index in [1.165, 1.54) is 340 Å². The maximum Gasteiger partial charge on any atom is 0.306 e. The molecule has 1 unspecified atom stereocenters. The normalized spacial score (nSPS) is 12.0. The average Bonchev–Trinajstić information content (AvgIpc) is 3.47. The van der Waals surface area contributed by atoms with Crippen LogP contribution in [0.2, 0.25) is 0 Å². The molecule has 82 heavy (non-hydrogen) atoms. The van der Waals surface area contributed by atoms with Crippen LogP contribution in [-0.2, 0) is 28.6 Å². The number of carbonyl (C=O) groups excluding carboxylic acids is 3. The summed E-state index contributed by atoms with van der Waals surface area (Å²) in [4.78, 5) is 38.4. The summed E-state index contributed by atoms with van der Waals surface area (Å²) in [6.07, 6.45) is 87.1. The van der Waals surface area contributed by atoms with Gasteiger partial charge in [0, 0.05) is 19.3 Å². The Morgan fingerprint density at radius 3 is 0.610 bits per heavy atom. The highest BCUT2D eigenvalue weighted by Crippen LogP contribution is 2.20. The van der Waals surface area contributed by atoms with Crippen molar-refractivity contribution in [2.24, 2.45) is 0 Å². The minimum Gasteiger partial charge on any atom is -0.462 e. The number of hydrogen-bond acceptors (Lipinski definition) is 6. The molecule has 0 rings (SSSR count). The first-order chi connectivity index (χ1) is 40.5. The lowest BCUT2D eigenvalue weighted by Gasteiger charge is -2.18. The summed E-state index contributed by atoms with van der Waals surface area (Å²) >= 11 is 0. The molecule has 0 saturated heterocycles. The van der Waals surface area contributed by atoms with E-state index in [1.807, 2.05) is 0 Å². The van der Waals surface area contributed by atoms with Crippen LogP contribution in [-0.4, -0.2) is 37.2 Å². The van der Waals surface area contributed by atoms with Gasteiger partial charge in [-0.15, -0.1) is 0 Å². The lowest BCUT2D eigenvalue weighted by Crippen LogP contribution is -2.30. The molecule has 0 aliphatic rings. The molecule has 0 aromatic rings. The van der Waals surface area contributed by atoms with Gasteiger partial charge < -0.3 is 14.2 Å². The standard InChI is InChI=1S/C76H146O6/c1-4-7-10-13-16-19-22-24-26-28-30-32-34-35-36-37-38-39-40-41-43-44-46-48-50-52-54-57-60-63-66-69-75(78)81-72-73(71-80-74(77)68-65-62-59-56-21-18-15-12-9-6-3)82-76(79)70-67-64-61-58-55-53-51-49-47-45-42-33-31-29-27-25-23-20-17-14-11-8-5-2/h28,30,73H,4-27,29,31-72H2,1-3H3/b30-28-. The Bertz CT molecular complexity index is 1280. The monoisotopic (exact) mass is 1160 g/mol. The van der Waals surface area contributed by atoms with Crippen molar-refractivity contribution in [1.82, 2.24) is 0 Å². The molecule has 0 radical (unpaired) electrons. The zero-order chi connectivity index (χ0) is 59.2. The van der Waals surface area contributed by atoms with E-state index in [0.717, 1.165) is 57.8 Å². The third-order valence-electron chi connectivity index (χ3n) is 17.5. The summed E-state index contributed by atoms with van der Waals surface area (Å²) in [5.41, 5.74) is 0. The maximum atomic E-state index is 12.9. The quantitative estimate of drug-likeness (QED) is 0.0261. The van der Waals surface area contributed by atoms with Crippen LogP contribution in [0.1, 0.15) is 438 Å². The summed E-state index contributed by atoms with van der Waals surface area (Å²) in [6, 6.07) is 0. The Morgan fingerprint density at radius 1 is 0.232 bits per heavy atom. The molecule has 6 nitrogen and oxygen atoms in total. The molecule has 0 aromatic carbocycles. The molecule has 0 N–H and O–H groups in total. The van der Waals surface area contributed by atoms with Gasteiger partial charge in [-0.05, 0) is 44.9 Å². The first-order valence-corrected chi connectivity index (χ1v) is 37.7. The average molecular weight is 1160 g/mol. The van der Waals surface area contributed by atoms with E-state index in [9.17, 15) is 14.4 Å². The van der Waals surface area contributed by atoms with Crippen molar-refractivity contribution in [3.8, 4) is 0 Å². The molecule has 0 aliphatic heterocycles. The fourth-order valence-corrected chi connectivity index (χ4v) is 11.9. The first-order valence-electron chi connectivity index (χ1n) is 37.7. The second-order valence-corrected chi connectivity index (χ2v) is 25.9. The van der Waals surface area contributed by atoms with Crippen LogP contribution in [0.5, 0.6) is 0 Å². The molecule has 0 aromatic heterocycles. The molecule has 0 bridgehead atoms. The molecule has 6 heteroatoms. The van der Waals surface area contributed by atoms with Gasteiger partial charge in [-0.2, -0.15) is 0 Å². The number of carbonyl (C=O) groups is 3. The van der Waals surface area contributed by atoms with Crippen LogP contribution in [0.4, 0.5) is 0 Å². The van der Waals surface area contributed by atoms with Gasteiger partial charge in [-0.3, -0.25) is 14.4 Å². The van der Waals surface area contributed by atoms with E-state index >= 15 is 0 Å². The zero-order valence-electron chi connectivity index (χ0n) is 56.1. The number of ether oxygens (including phenoxy) is 3. The van der Waals surface area contributed by atoms with Gasteiger partial charge in [-0.25, -0.2) is 0 Å². The minimum atomic E-state index is -0.764. The van der Waals surface area contributed by atoms with E-state index in [2.05, 4.69) is 32.9 Å². The summed E-state index contributed by atoms with van der Waals surface area (Å²) in [5, 5.41) is 0. The van der Waals surface area contributed by atoms with Gasteiger partial charge in [0.25, 0.3) is 0 Å². The summed E-state index contributed by atoms with van der Waals surface area (Å²) in [6.45, 7) is 6.72. The molecule has 0 aliphatic carbocycles. The van der Waals surface area contributed by atoms with Crippen LogP contribution in [0.3, 0.4) is 0 Å². The van der Waals surface area contributed by atoms with Crippen LogP contribution < -0.4 is 0 Å². The van der Waals surface area contributed by atoms with E-state index in [-0.39, 0.29) is 31.1 Å². The number of unbranched alkanes of at least 4 members (excludes halogenated alkanes) is 58. The van der Waals surface area contributed by atoms with E-state index in [0.29, 0.717) is 19.3 Å². The Labute approximate surface area is 513 Å². The third-order valence-corrected chi connectivity index (χ3v) is 17.5. The van der Waals surface area contributed by atoms with Crippen molar-refractivity contribution in [3.63, 3.8) is 0 Å². The van der Waals surface area contributed by atoms with Crippen molar-refractivity contribution < 1.29 is 28.6 Å². The predicted molar refractivity (Wildman–Crippen MR) is 358 cm³/mol. The lowest BCUT2D eigenvalue weighted by atomic mass is 10.0. The van der Waals surface area contributed by atoms with E-state index in [4.69, 9.17) is 14.2 Å². The Kier molecular flexibility index (Phi) is 70.0. The lowest BCUT2D eigenvalue weighted by molar-refractivity contribution is -0.167. The third kappa shape index (κ3) is 68.9. The number of allylic oxidation sites excluding steroid dienone is 2. The van der Waals surface area contributed by atoms with E-state index in [1.54, 1.807) is 0 Å². The van der Waals surface area contributed by atoms with Crippen molar-refractivity contribution in [1.29, 1.82) is 0 Å². The first kappa shape index (κ1) is 80.2. The SMILES string of the molecule is CCCCCCCCCC/C=C\CCCCCCCCCCCCCCCCCCCCCC(=O)OCC(COC(=O)CCCCCCCCCCCC)OC(=O)CCCCCCCCCCCCCCCCCCCCCCCCC. The second kappa shape index (κ2) is 71.6. The molecule has 0 saturated carbocycles. The largest absolute Gasteiger partial charge is 0.462 e. The second-order valence-electron chi connectivity index (χ2n) is 25.9. The molecular formula is C76H146O6. The molecule has 0 fully saturated rings. The van der Waals surface area contributed by atoms with Crippen molar-refractivity contribution in [2.75, 3.05) is 13.2 Å². The molecule has 0 spiro atoms. The van der Waals surface area contributed by atoms with Crippen LogP contribution in [0.25, 0.3) is 0 Å². The van der Waals surface area contributed by atoms with Crippen LogP contribution in [0, 0.1) is 0 Å². The van der Waals surface area contributed by atoms with Gasteiger partial charge in [0.1, 0.15) is 13.2 Å². The van der Waals surface area contributed by atoms with Crippen LogP contribution in [0.15, 0.2) is 12.2 Å². The predicted octanol–water partition coefficient (Wildman–Crippen LogP) is 26.0. The van der Waals surface area contributed by atoms with Gasteiger partial charge >= 0.3 is 17.9 Å². The number of hydrogen-bond donors (Lipinski definition) is 0. The summed E-state index contributed by atoms with van der Waals surface area (Å²) in [5.74, 6) is -0.826. The smallest absolute Gasteiger partial charge is 0.306 e. The summed E-state index contributed by atoms with van der Waals surface area (Å²) < 4.78 is 17.0. The highest BCUT2D eigenvalue weighted by molar-refractivity contribution is 5.71. The van der Waals surface area contributed by atoms with Gasteiger partial charge in [0.15, 0.2) is 6.10 Å². The molecular weight excluding hydrogens is 1010 g/mol. The molecule has 0 heterocycles. The molecule has 0 amide bonds. The van der Waals surface area contributed by atoms with Crippen LogP contribution >= 0.6 is 0 Å². The molecule has 486 valence electrons. The highest BCUT2D eigenvalue weighted by atomic mass is 16.6. The fraction of sp³-hybridized carbons (Fsp3) is 0.934. The fourth-order valence-electron chi connectivity index (χ4n) is 11.9. The Balaban J connectivity index is 4.06. The minimum absolute atomic E-state index is 0.0619. The summed E-state index contributed by atoms with van der Waals surface area (Å²) in [7, 11) is 0. The highest BCUT2D eigenvalue weighted by Gasteiger charge is 2.20. The Morgan fingerprint density at radius 2 is 0.402 bits per heavy atom. The molecule has 1 atom stereocenters. The van der Waals surface area contributed by atoms with Crippen molar-refractivity contribution in [2.45, 2.75) is 444 Å². The van der Waals surface area contributed by atoms with Crippen molar-refractivity contribution in [3.05, 3.63) is 12.2 Å². The van der Waals surface area contributed by atoms with Gasteiger partial charge in [0.05, 0.1) is 0 Å². The number of esters is 3. The topological polar surface area (TPSA) is 78.9 Å². The Hall–Kier alpha value is -1.85.